The summed E-state index contributed by atoms with van der Waals surface area (Å²) in [5.41, 5.74) is 1.97. The molecule has 2 rings (SSSR count). The predicted molar refractivity (Wildman–Crippen MR) is 166 cm³/mol. The van der Waals surface area contributed by atoms with Crippen molar-refractivity contribution in [2.24, 2.45) is 0 Å². The van der Waals surface area contributed by atoms with Gasteiger partial charge in [-0.2, -0.15) is 0 Å². The number of hydrogen-bond acceptors (Lipinski definition) is 10. The number of rotatable bonds is 20. The van der Waals surface area contributed by atoms with Gasteiger partial charge in [0.25, 0.3) is 0 Å². The Bertz CT molecular complexity index is 1220. The van der Waals surface area contributed by atoms with Gasteiger partial charge >= 0.3 is 11.9 Å². The predicted octanol–water partition coefficient (Wildman–Crippen LogP) is 4.15. The van der Waals surface area contributed by atoms with Gasteiger partial charge in [-0.3, -0.25) is 0 Å². The third kappa shape index (κ3) is 12.9. The van der Waals surface area contributed by atoms with Crippen molar-refractivity contribution in [1.29, 1.82) is 0 Å². The third-order valence-corrected chi connectivity index (χ3v) is 6.57. The van der Waals surface area contributed by atoms with Crippen molar-refractivity contribution in [3.05, 3.63) is 84.5 Å². The quantitative estimate of drug-likeness (QED) is 0.166. The van der Waals surface area contributed by atoms with E-state index < -0.39 is 24.1 Å². The average Bonchev–Trinajstić information content (AvgIpc) is 3.02. The van der Waals surface area contributed by atoms with Gasteiger partial charge in [0.2, 0.25) is 0 Å². The molecule has 0 amide bonds. The summed E-state index contributed by atoms with van der Waals surface area (Å²) in [4.78, 5) is 22.6. The summed E-state index contributed by atoms with van der Waals surface area (Å²) in [5, 5.41) is 19.9. The van der Waals surface area contributed by atoms with Crippen LogP contribution in [0.15, 0.2) is 73.3 Å². The number of esters is 2. The van der Waals surface area contributed by atoms with E-state index in [9.17, 15) is 19.8 Å². The second-order valence-corrected chi connectivity index (χ2v) is 11.1. The van der Waals surface area contributed by atoms with Crippen molar-refractivity contribution in [3.8, 4) is 11.5 Å². The first-order chi connectivity index (χ1) is 20.8. The van der Waals surface area contributed by atoms with E-state index >= 15 is 0 Å². The van der Waals surface area contributed by atoms with Crippen LogP contribution in [0.2, 0.25) is 0 Å². The lowest BCUT2D eigenvalue weighted by Gasteiger charge is -2.27. The van der Waals surface area contributed by atoms with Gasteiger partial charge in [-0.1, -0.05) is 51.3 Å². The Hall–Kier alpha value is -3.70. The van der Waals surface area contributed by atoms with Gasteiger partial charge in [0.15, 0.2) is 0 Å². The van der Waals surface area contributed by atoms with Gasteiger partial charge in [0.05, 0.1) is 25.4 Å². The van der Waals surface area contributed by atoms with E-state index in [4.69, 9.17) is 28.4 Å². The van der Waals surface area contributed by atoms with Crippen LogP contribution in [0.3, 0.4) is 0 Å². The molecule has 2 N–H and O–H groups in total. The Morgan fingerprint density at radius 2 is 1.25 bits per heavy atom. The summed E-state index contributed by atoms with van der Waals surface area (Å²) in [5.74, 6) is 0.211. The van der Waals surface area contributed by atoms with Crippen molar-refractivity contribution >= 4 is 11.9 Å². The van der Waals surface area contributed by atoms with Crippen molar-refractivity contribution < 1.29 is 48.2 Å². The molecule has 0 fully saturated rings. The maximum atomic E-state index is 11.5. The van der Waals surface area contributed by atoms with Crippen LogP contribution in [0.1, 0.15) is 45.7 Å². The van der Waals surface area contributed by atoms with E-state index in [0.717, 1.165) is 17.2 Å². The molecule has 2 aromatic rings. The summed E-state index contributed by atoms with van der Waals surface area (Å²) < 4.78 is 32.9. The van der Waals surface area contributed by atoms with Crippen LogP contribution in [-0.4, -0.2) is 86.2 Å². The number of benzene rings is 2. The van der Waals surface area contributed by atoms with Crippen LogP contribution >= 0.6 is 0 Å². The number of aliphatic hydroxyl groups excluding tert-OH is 2. The molecule has 0 saturated carbocycles. The van der Waals surface area contributed by atoms with E-state index in [-0.39, 0.29) is 62.8 Å². The fourth-order valence-electron chi connectivity index (χ4n) is 3.82. The summed E-state index contributed by atoms with van der Waals surface area (Å²) in [6.07, 6.45) is -1.48. The van der Waals surface area contributed by atoms with Crippen LogP contribution in [-0.2, 0) is 34.0 Å². The maximum Gasteiger partial charge on any atom is 0.333 e. The van der Waals surface area contributed by atoms with Crippen LogP contribution in [0.25, 0.3) is 0 Å². The zero-order chi connectivity index (χ0) is 32.7. The summed E-state index contributed by atoms with van der Waals surface area (Å²) >= 11 is 0. The highest BCUT2D eigenvalue weighted by molar-refractivity contribution is 5.86. The van der Waals surface area contributed by atoms with E-state index in [0.29, 0.717) is 11.5 Å². The molecule has 4 unspecified atom stereocenters. The first-order valence-corrected chi connectivity index (χ1v) is 14.5. The maximum absolute atomic E-state index is 11.5. The first-order valence-electron chi connectivity index (χ1n) is 14.5. The highest BCUT2D eigenvalue weighted by atomic mass is 16.6. The highest BCUT2D eigenvalue weighted by Crippen LogP contribution is 2.35. The number of hydrogen-bond donors (Lipinski definition) is 2. The van der Waals surface area contributed by atoms with Crippen LogP contribution in [0.5, 0.6) is 11.5 Å². The van der Waals surface area contributed by atoms with Gasteiger partial charge < -0.3 is 38.6 Å². The fraction of sp³-hybridized carbons (Fsp3) is 0.471. The minimum absolute atomic E-state index is 0.000253. The van der Waals surface area contributed by atoms with Gasteiger partial charge in [0, 0.05) is 17.1 Å². The Morgan fingerprint density at radius 3 is 1.68 bits per heavy atom. The van der Waals surface area contributed by atoms with Gasteiger partial charge in [-0.25, -0.2) is 9.59 Å². The zero-order valence-electron chi connectivity index (χ0n) is 26.3. The van der Waals surface area contributed by atoms with Crippen molar-refractivity contribution in [3.63, 3.8) is 0 Å². The fourth-order valence-corrected chi connectivity index (χ4v) is 3.82. The Kier molecular flexibility index (Phi) is 15.1. The second kappa shape index (κ2) is 18.2. The molecule has 0 aliphatic rings. The number of ether oxygens (including phenoxy) is 6. The lowest BCUT2D eigenvalue weighted by molar-refractivity contribution is -0.144. The van der Waals surface area contributed by atoms with E-state index in [1.165, 1.54) is 6.92 Å². The smallest absolute Gasteiger partial charge is 0.333 e. The number of aliphatic hydroxyl groups is 2. The van der Waals surface area contributed by atoms with E-state index in [1.807, 2.05) is 62.4 Å². The molecule has 242 valence electrons. The van der Waals surface area contributed by atoms with Crippen molar-refractivity contribution in [1.82, 2.24) is 0 Å². The zero-order valence-corrected chi connectivity index (χ0v) is 26.3. The Labute approximate surface area is 260 Å². The number of carbonyl (C=O) groups excluding carboxylic acids is 2. The summed E-state index contributed by atoms with van der Waals surface area (Å²) in [7, 11) is 0. The molecular formula is C34H46O10. The topological polar surface area (TPSA) is 130 Å². The van der Waals surface area contributed by atoms with Crippen LogP contribution < -0.4 is 9.47 Å². The van der Waals surface area contributed by atoms with Crippen LogP contribution in [0.4, 0.5) is 0 Å². The molecule has 0 radical (unpaired) electrons. The number of carbonyl (C=O) groups is 2. The lowest BCUT2D eigenvalue weighted by atomic mass is 9.78. The lowest BCUT2D eigenvalue weighted by Crippen LogP contribution is -2.28. The molecule has 0 spiro atoms. The largest absolute Gasteiger partial charge is 0.491 e. The molecule has 44 heavy (non-hydrogen) atoms. The van der Waals surface area contributed by atoms with Gasteiger partial charge in [0.1, 0.15) is 50.1 Å². The molecular weight excluding hydrogens is 568 g/mol. The molecule has 4 atom stereocenters. The molecule has 10 heteroatoms. The summed E-state index contributed by atoms with van der Waals surface area (Å²) in [6.45, 7) is 16.4. The standard InChI is InChI=1S/C34H46O10/c1-8-32(37)43-21-28(35)19-39-24(4)17-41-30-13-9-11-26(15-30)34(6,7)27-12-10-14-31(16-27)42-18-25(5)40-20-29(36)22-44-33(38)23(2)3/h8-16,24-25,28-29,35-36H,1-2,17-22H2,3-7H3. The molecule has 0 saturated heterocycles. The van der Waals surface area contributed by atoms with Crippen LogP contribution in [0, 0.1) is 0 Å². The Morgan fingerprint density at radius 1 is 0.795 bits per heavy atom. The van der Waals surface area contributed by atoms with Gasteiger partial charge in [-0.15, -0.1) is 0 Å². The average molecular weight is 615 g/mol. The molecule has 2 aromatic carbocycles. The monoisotopic (exact) mass is 614 g/mol. The minimum atomic E-state index is -0.950. The molecule has 0 aliphatic heterocycles. The SMILES string of the molecule is C=CC(=O)OCC(O)COC(C)COc1cccc(C(C)(C)c2cccc(OCC(C)OCC(O)COC(=O)C(=C)C)c2)c1. The van der Waals surface area contributed by atoms with Gasteiger partial charge in [-0.05, 0) is 56.2 Å². The molecule has 0 heterocycles. The second-order valence-electron chi connectivity index (χ2n) is 11.1. The Balaban J connectivity index is 1.88. The van der Waals surface area contributed by atoms with E-state index in [1.54, 1.807) is 0 Å². The van der Waals surface area contributed by atoms with E-state index in [2.05, 4.69) is 27.0 Å². The highest BCUT2D eigenvalue weighted by Gasteiger charge is 2.24. The molecule has 0 aliphatic carbocycles. The normalized spacial score (nSPS) is 14.1. The molecule has 0 bridgehead atoms. The molecule has 10 nitrogen and oxygen atoms in total. The van der Waals surface area contributed by atoms with Crippen molar-refractivity contribution in [2.75, 3.05) is 39.6 Å². The molecule has 0 aromatic heterocycles. The minimum Gasteiger partial charge on any atom is -0.491 e. The first kappa shape index (κ1) is 36.5. The summed E-state index contributed by atoms with van der Waals surface area (Å²) in [6, 6.07) is 15.7. The third-order valence-electron chi connectivity index (χ3n) is 6.57. The van der Waals surface area contributed by atoms with Crippen molar-refractivity contribution in [2.45, 2.75) is 64.4 Å².